The van der Waals surface area contributed by atoms with Gasteiger partial charge in [-0.05, 0) is 18.8 Å². The molecular formula is C15H28FN3. The van der Waals surface area contributed by atoms with E-state index < -0.39 is 0 Å². The largest absolute Gasteiger partial charge is 0.340 e. The van der Waals surface area contributed by atoms with Crippen LogP contribution in [0.2, 0.25) is 0 Å². The molecular weight excluding hydrogens is 241 g/mol. The van der Waals surface area contributed by atoms with E-state index in [0.29, 0.717) is 23.5 Å². The summed E-state index contributed by atoms with van der Waals surface area (Å²) in [7, 11) is 0. The van der Waals surface area contributed by atoms with Crippen molar-refractivity contribution < 1.29 is 4.39 Å². The Morgan fingerprint density at radius 1 is 1.11 bits per heavy atom. The molecule has 0 aromatic carbocycles. The summed E-state index contributed by atoms with van der Waals surface area (Å²) in [6, 6.07) is 0. The lowest BCUT2D eigenvalue weighted by atomic mass is 10.1. The van der Waals surface area contributed by atoms with E-state index in [4.69, 9.17) is 0 Å². The zero-order valence-corrected chi connectivity index (χ0v) is 13.4. The Hall–Kier alpha value is -1.19. The molecule has 1 aromatic rings. The zero-order chi connectivity index (χ0) is 15.0. The van der Waals surface area contributed by atoms with Crippen LogP contribution in [0.3, 0.4) is 0 Å². The Morgan fingerprint density at radius 3 is 1.95 bits per heavy atom. The van der Waals surface area contributed by atoms with Crippen molar-refractivity contribution >= 4 is 5.95 Å². The molecule has 0 amide bonds. The minimum atomic E-state index is -0.345. The highest BCUT2D eigenvalue weighted by atomic mass is 19.1. The second-order valence-corrected chi connectivity index (χ2v) is 5.30. The quantitative estimate of drug-likeness (QED) is 0.807. The maximum atomic E-state index is 13.1. The third-order valence-electron chi connectivity index (χ3n) is 2.36. The molecule has 1 aromatic heterocycles. The molecule has 1 rings (SSSR count). The van der Waals surface area contributed by atoms with Crippen LogP contribution in [0, 0.1) is 24.6 Å². The topological polar surface area (TPSA) is 29.0 Å². The van der Waals surface area contributed by atoms with Gasteiger partial charge in [-0.1, -0.05) is 41.5 Å². The van der Waals surface area contributed by atoms with Crippen LogP contribution in [0.5, 0.6) is 0 Å². The van der Waals surface area contributed by atoms with Gasteiger partial charge in [0.1, 0.15) is 0 Å². The molecule has 0 fully saturated rings. The average Bonchev–Trinajstić information content (AvgIpc) is 2.33. The van der Waals surface area contributed by atoms with E-state index in [9.17, 15) is 4.39 Å². The molecule has 0 N–H and O–H groups in total. The molecule has 0 spiro atoms. The number of aromatic nitrogens is 2. The summed E-state index contributed by atoms with van der Waals surface area (Å²) in [5.74, 6) is 1.35. The lowest BCUT2D eigenvalue weighted by Crippen LogP contribution is -2.33. The van der Waals surface area contributed by atoms with Crippen molar-refractivity contribution in [2.24, 2.45) is 11.8 Å². The van der Waals surface area contributed by atoms with Crippen molar-refractivity contribution in [1.29, 1.82) is 0 Å². The minimum Gasteiger partial charge on any atom is -0.340 e. The molecule has 0 saturated carbocycles. The lowest BCUT2D eigenvalue weighted by Gasteiger charge is -2.26. The first-order chi connectivity index (χ1) is 8.90. The molecule has 0 aliphatic heterocycles. The van der Waals surface area contributed by atoms with Crippen molar-refractivity contribution in [3.63, 3.8) is 0 Å². The van der Waals surface area contributed by atoms with Gasteiger partial charge < -0.3 is 4.90 Å². The highest BCUT2D eigenvalue weighted by Crippen LogP contribution is 2.14. The van der Waals surface area contributed by atoms with Gasteiger partial charge in [-0.3, -0.25) is 0 Å². The molecule has 1 heterocycles. The van der Waals surface area contributed by atoms with Crippen LogP contribution < -0.4 is 4.90 Å². The molecule has 0 atom stereocenters. The molecule has 110 valence electrons. The van der Waals surface area contributed by atoms with E-state index in [1.807, 2.05) is 13.8 Å². The van der Waals surface area contributed by atoms with Gasteiger partial charge in [0, 0.05) is 13.1 Å². The summed E-state index contributed by atoms with van der Waals surface area (Å²) >= 11 is 0. The fourth-order valence-electron chi connectivity index (χ4n) is 1.71. The van der Waals surface area contributed by atoms with Crippen molar-refractivity contribution in [1.82, 2.24) is 9.97 Å². The standard InChI is InChI=1S/C13H22FN3.C2H6/c1-9(2)7-17(8-10(3)4)13-15-6-12(14)11(5)16-13;1-2/h6,9-10H,7-8H2,1-5H3;1-2H3. The first kappa shape index (κ1) is 17.8. The summed E-state index contributed by atoms with van der Waals surface area (Å²) in [4.78, 5) is 10.4. The third kappa shape index (κ3) is 6.50. The molecule has 0 aliphatic rings. The Kier molecular flexibility index (Phi) is 8.28. The Morgan fingerprint density at radius 2 is 1.58 bits per heavy atom. The maximum absolute atomic E-state index is 13.1. The minimum absolute atomic E-state index is 0.345. The van der Waals surface area contributed by atoms with Crippen molar-refractivity contribution in [3.8, 4) is 0 Å². The number of anilines is 1. The highest BCUT2D eigenvalue weighted by molar-refractivity contribution is 5.30. The number of hydrogen-bond acceptors (Lipinski definition) is 3. The number of aryl methyl sites for hydroxylation is 1. The first-order valence-corrected chi connectivity index (χ1v) is 7.14. The summed E-state index contributed by atoms with van der Waals surface area (Å²) in [6.07, 6.45) is 1.26. The lowest BCUT2D eigenvalue weighted by molar-refractivity contribution is 0.538. The monoisotopic (exact) mass is 269 g/mol. The van der Waals surface area contributed by atoms with Crippen LogP contribution in [0.1, 0.15) is 47.2 Å². The van der Waals surface area contributed by atoms with E-state index in [-0.39, 0.29) is 5.82 Å². The van der Waals surface area contributed by atoms with Gasteiger partial charge in [-0.25, -0.2) is 14.4 Å². The van der Waals surface area contributed by atoms with Crippen LogP contribution in [0.15, 0.2) is 6.20 Å². The second kappa shape index (κ2) is 8.83. The summed E-state index contributed by atoms with van der Waals surface area (Å²) in [5, 5.41) is 0. The van der Waals surface area contributed by atoms with Crippen molar-refractivity contribution in [3.05, 3.63) is 17.7 Å². The van der Waals surface area contributed by atoms with Crippen LogP contribution in [0.4, 0.5) is 10.3 Å². The highest BCUT2D eigenvalue weighted by Gasteiger charge is 2.14. The van der Waals surface area contributed by atoms with Crippen LogP contribution in [-0.4, -0.2) is 23.1 Å². The van der Waals surface area contributed by atoms with E-state index in [2.05, 4.69) is 42.6 Å². The van der Waals surface area contributed by atoms with Crippen LogP contribution >= 0.6 is 0 Å². The fraction of sp³-hybridized carbons (Fsp3) is 0.733. The van der Waals surface area contributed by atoms with E-state index in [1.54, 1.807) is 6.92 Å². The van der Waals surface area contributed by atoms with Gasteiger partial charge in [-0.2, -0.15) is 0 Å². The van der Waals surface area contributed by atoms with E-state index in [0.717, 1.165) is 13.1 Å². The number of hydrogen-bond donors (Lipinski definition) is 0. The zero-order valence-electron chi connectivity index (χ0n) is 13.4. The van der Waals surface area contributed by atoms with Gasteiger partial charge in [0.15, 0.2) is 5.82 Å². The van der Waals surface area contributed by atoms with Gasteiger partial charge in [0.2, 0.25) is 5.95 Å². The fourth-order valence-corrected chi connectivity index (χ4v) is 1.71. The smallest absolute Gasteiger partial charge is 0.225 e. The van der Waals surface area contributed by atoms with Gasteiger partial charge >= 0.3 is 0 Å². The SMILES string of the molecule is CC.Cc1nc(N(CC(C)C)CC(C)C)ncc1F. The predicted molar refractivity (Wildman–Crippen MR) is 80.0 cm³/mol. The Labute approximate surface area is 117 Å². The van der Waals surface area contributed by atoms with Crippen molar-refractivity contribution in [2.75, 3.05) is 18.0 Å². The predicted octanol–water partition coefficient (Wildman–Crippen LogP) is 4.07. The first-order valence-electron chi connectivity index (χ1n) is 7.14. The molecule has 19 heavy (non-hydrogen) atoms. The second-order valence-electron chi connectivity index (χ2n) is 5.30. The number of rotatable bonds is 5. The molecule has 0 saturated heterocycles. The van der Waals surface area contributed by atoms with Crippen LogP contribution in [-0.2, 0) is 0 Å². The van der Waals surface area contributed by atoms with Gasteiger partial charge in [0.25, 0.3) is 0 Å². The van der Waals surface area contributed by atoms with E-state index in [1.165, 1.54) is 6.20 Å². The number of halogens is 1. The van der Waals surface area contributed by atoms with Gasteiger partial charge in [-0.15, -0.1) is 0 Å². The molecule has 0 bridgehead atoms. The Balaban J connectivity index is 0.00000154. The summed E-state index contributed by atoms with van der Waals surface area (Å²) in [6.45, 7) is 16.1. The van der Waals surface area contributed by atoms with Crippen molar-refractivity contribution in [2.45, 2.75) is 48.5 Å². The molecule has 4 heteroatoms. The third-order valence-corrected chi connectivity index (χ3v) is 2.36. The molecule has 0 radical (unpaired) electrons. The Bertz CT molecular complexity index is 354. The van der Waals surface area contributed by atoms with Crippen LogP contribution in [0.25, 0.3) is 0 Å². The summed E-state index contributed by atoms with van der Waals surface area (Å²) in [5.41, 5.74) is 0.410. The molecule has 3 nitrogen and oxygen atoms in total. The normalized spacial score (nSPS) is 10.4. The molecule has 0 aliphatic carbocycles. The van der Waals surface area contributed by atoms with E-state index >= 15 is 0 Å². The maximum Gasteiger partial charge on any atom is 0.225 e. The summed E-state index contributed by atoms with van der Waals surface area (Å²) < 4.78 is 13.1. The average molecular weight is 269 g/mol. The molecule has 0 unspecified atom stereocenters. The van der Waals surface area contributed by atoms with Gasteiger partial charge in [0.05, 0.1) is 11.9 Å². The number of nitrogens with zero attached hydrogens (tertiary/aromatic N) is 3.